The molecule has 0 heterocycles. The number of phosphoric acid groups is 1. The van der Waals surface area contributed by atoms with Crippen molar-refractivity contribution in [1.82, 2.24) is 0 Å². The molecule has 13 nitrogen and oxygen atoms in total. The second-order valence-electron chi connectivity index (χ2n) is 11.8. The van der Waals surface area contributed by atoms with E-state index in [0.717, 1.165) is 26.2 Å². The smallest absolute Gasteiger partial charge is 0.462 e. The Morgan fingerprint density at radius 3 is 1.60 bits per heavy atom. The summed E-state index contributed by atoms with van der Waals surface area (Å²) in [5, 5.41) is 0. The fourth-order valence-corrected chi connectivity index (χ4v) is 4.91. The molecule has 0 spiro atoms. The van der Waals surface area contributed by atoms with Gasteiger partial charge < -0.3 is 29.6 Å². The Bertz CT molecular complexity index is 883. The lowest BCUT2D eigenvalue weighted by atomic mass is 10.1. The average Bonchev–Trinajstić information content (AvgIpc) is 2.93. The monoisotopic (exact) mass is 667 g/mol. The summed E-state index contributed by atoms with van der Waals surface area (Å²) >= 11 is 0. The number of hydrogen-bond donors (Lipinski definition) is 2. The quantitative estimate of drug-likeness (QED) is 0.0459. The van der Waals surface area contributed by atoms with E-state index in [2.05, 4.69) is 6.92 Å². The predicted octanol–water partition coefficient (Wildman–Crippen LogP) is 5.53. The van der Waals surface area contributed by atoms with Crippen LogP contribution in [0.4, 0.5) is 0 Å². The van der Waals surface area contributed by atoms with Crippen molar-refractivity contribution in [3.05, 3.63) is 0 Å². The van der Waals surface area contributed by atoms with E-state index in [1.54, 1.807) is 20.8 Å². The van der Waals surface area contributed by atoms with Gasteiger partial charge in [-0.3, -0.25) is 28.2 Å². The van der Waals surface area contributed by atoms with Crippen molar-refractivity contribution in [2.24, 2.45) is 11.7 Å². The van der Waals surface area contributed by atoms with E-state index in [1.807, 2.05) is 0 Å². The first-order chi connectivity index (χ1) is 21.2. The predicted molar refractivity (Wildman–Crippen MR) is 168 cm³/mol. The maximum atomic E-state index is 12.5. The minimum Gasteiger partial charge on any atom is -0.462 e. The molecular weight excluding hydrogens is 609 g/mol. The summed E-state index contributed by atoms with van der Waals surface area (Å²) < 4.78 is 43.0. The highest BCUT2D eigenvalue weighted by molar-refractivity contribution is 7.47. The Hall–Kier alpha value is -2.05. The van der Waals surface area contributed by atoms with E-state index in [-0.39, 0.29) is 31.8 Å². The highest BCUT2D eigenvalue weighted by Gasteiger charge is 2.29. The van der Waals surface area contributed by atoms with Crippen molar-refractivity contribution in [3.8, 4) is 0 Å². The standard InChI is InChI=1S/C31H58NO12P/c1-6-7-8-9-10-11-12-13-14-15-16-17-29(34)39-20-27(43-26(5)33)22-41-45(37,38)42-23-28(44-31(36)18-24(2)3)21-40-30(35)19-25(4)32/h24-25,27-28H,6-23,32H2,1-5H3,(H,37,38)/t25-,27-,28?/m1/s1. The molecule has 0 aromatic carbocycles. The molecule has 3 N–H and O–H groups in total. The van der Waals surface area contributed by atoms with E-state index < -0.39 is 69.8 Å². The van der Waals surface area contributed by atoms with Crippen LogP contribution in [0.1, 0.15) is 125 Å². The molecule has 2 unspecified atom stereocenters. The molecular formula is C31H58NO12P. The summed E-state index contributed by atoms with van der Waals surface area (Å²) in [6, 6.07) is -0.448. The summed E-state index contributed by atoms with van der Waals surface area (Å²) in [6.45, 7) is 6.53. The lowest BCUT2D eigenvalue weighted by Gasteiger charge is -2.22. The van der Waals surface area contributed by atoms with Crippen molar-refractivity contribution in [2.75, 3.05) is 26.4 Å². The summed E-state index contributed by atoms with van der Waals surface area (Å²) in [6.07, 6.45) is 10.5. The van der Waals surface area contributed by atoms with Crippen LogP contribution in [0, 0.1) is 5.92 Å². The van der Waals surface area contributed by atoms with Crippen LogP contribution in [-0.2, 0) is 51.7 Å². The van der Waals surface area contributed by atoms with Gasteiger partial charge in [-0.1, -0.05) is 85.0 Å². The summed E-state index contributed by atoms with van der Waals surface area (Å²) in [5.41, 5.74) is 5.58. The highest BCUT2D eigenvalue weighted by Crippen LogP contribution is 2.43. The number of carbonyl (C=O) groups is 4. The van der Waals surface area contributed by atoms with Crippen LogP contribution in [0.2, 0.25) is 0 Å². The first-order valence-corrected chi connectivity index (χ1v) is 17.8. The van der Waals surface area contributed by atoms with Crippen LogP contribution in [-0.4, -0.2) is 73.4 Å². The maximum absolute atomic E-state index is 12.5. The Balaban J connectivity index is 4.63. The van der Waals surface area contributed by atoms with Crippen molar-refractivity contribution in [2.45, 2.75) is 143 Å². The highest BCUT2D eigenvalue weighted by atomic mass is 31.2. The van der Waals surface area contributed by atoms with Crippen LogP contribution >= 0.6 is 7.82 Å². The number of nitrogens with two attached hydrogens (primary N) is 1. The van der Waals surface area contributed by atoms with Crippen molar-refractivity contribution in [1.29, 1.82) is 0 Å². The van der Waals surface area contributed by atoms with Gasteiger partial charge in [0.05, 0.1) is 19.6 Å². The van der Waals surface area contributed by atoms with Crippen LogP contribution in [0.5, 0.6) is 0 Å². The first kappa shape index (κ1) is 43.0. The van der Waals surface area contributed by atoms with Crippen LogP contribution in [0.25, 0.3) is 0 Å². The van der Waals surface area contributed by atoms with Gasteiger partial charge in [-0.15, -0.1) is 0 Å². The number of ether oxygens (including phenoxy) is 4. The zero-order valence-electron chi connectivity index (χ0n) is 28.0. The molecule has 264 valence electrons. The molecule has 45 heavy (non-hydrogen) atoms. The third-order valence-corrected chi connectivity index (χ3v) is 7.34. The topological polar surface area (TPSA) is 187 Å². The molecule has 0 aliphatic carbocycles. The largest absolute Gasteiger partial charge is 0.472 e. The van der Waals surface area contributed by atoms with Crippen LogP contribution in [0.3, 0.4) is 0 Å². The Morgan fingerprint density at radius 2 is 1.13 bits per heavy atom. The number of unbranched alkanes of at least 4 members (excludes halogenated alkanes) is 10. The molecule has 0 saturated heterocycles. The van der Waals surface area contributed by atoms with E-state index >= 15 is 0 Å². The fourth-order valence-electron chi connectivity index (χ4n) is 4.13. The molecule has 0 aliphatic heterocycles. The Kier molecular flexibility index (Phi) is 24.9. The third kappa shape index (κ3) is 27.9. The molecule has 0 bridgehead atoms. The normalized spacial score (nSPS) is 14.7. The van der Waals surface area contributed by atoms with E-state index in [0.29, 0.717) is 6.42 Å². The van der Waals surface area contributed by atoms with Gasteiger partial charge in [0.2, 0.25) is 0 Å². The second kappa shape index (κ2) is 26.1. The molecule has 0 fully saturated rings. The number of phosphoric ester groups is 1. The van der Waals surface area contributed by atoms with E-state index in [1.165, 1.54) is 44.9 Å². The van der Waals surface area contributed by atoms with Gasteiger partial charge in [-0.25, -0.2) is 4.57 Å². The zero-order chi connectivity index (χ0) is 34.1. The number of esters is 4. The van der Waals surface area contributed by atoms with Crippen molar-refractivity contribution in [3.63, 3.8) is 0 Å². The average molecular weight is 668 g/mol. The molecule has 14 heteroatoms. The van der Waals surface area contributed by atoms with E-state index in [9.17, 15) is 28.6 Å². The van der Waals surface area contributed by atoms with Gasteiger partial charge in [0.15, 0.2) is 12.2 Å². The molecule has 0 rings (SSSR count). The first-order valence-electron chi connectivity index (χ1n) is 16.3. The van der Waals surface area contributed by atoms with Crippen molar-refractivity contribution >= 4 is 31.7 Å². The van der Waals surface area contributed by atoms with Crippen LogP contribution in [0.15, 0.2) is 0 Å². The summed E-state index contributed by atoms with van der Waals surface area (Å²) in [4.78, 5) is 57.9. The third-order valence-electron chi connectivity index (χ3n) is 6.39. The van der Waals surface area contributed by atoms with Gasteiger partial charge in [0, 0.05) is 25.8 Å². The van der Waals surface area contributed by atoms with Gasteiger partial charge >= 0.3 is 31.7 Å². The molecule has 0 radical (unpaired) electrons. The number of carbonyl (C=O) groups excluding carboxylic acids is 4. The minimum atomic E-state index is -4.76. The van der Waals surface area contributed by atoms with Gasteiger partial charge in [0.25, 0.3) is 0 Å². The molecule has 0 aliphatic rings. The van der Waals surface area contributed by atoms with Gasteiger partial charge in [-0.2, -0.15) is 0 Å². The molecule has 4 atom stereocenters. The minimum absolute atomic E-state index is 0.0148. The number of rotatable bonds is 28. The molecule has 0 aromatic rings. The van der Waals surface area contributed by atoms with Gasteiger partial charge in [-0.05, 0) is 19.3 Å². The van der Waals surface area contributed by atoms with Crippen LogP contribution < -0.4 is 5.73 Å². The Morgan fingerprint density at radius 1 is 0.667 bits per heavy atom. The van der Waals surface area contributed by atoms with Crippen molar-refractivity contribution < 1.29 is 56.6 Å². The Labute approximate surface area is 269 Å². The molecule has 0 amide bonds. The molecule has 0 aromatic heterocycles. The maximum Gasteiger partial charge on any atom is 0.472 e. The lowest BCUT2D eigenvalue weighted by Crippen LogP contribution is -2.31. The van der Waals surface area contributed by atoms with Gasteiger partial charge in [0.1, 0.15) is 13.2 Å². The number of hydrogen-bond acceptors (Lipinski definition) is 12. The lowest BCUT2D eigenvalue weighted by molar-refractivity contribution is -0.162. The molecule has 0 saturated carbocycles. The summed E-state index contributed by atoms with van der Waals surface area (Å²) in [5.74, 6) is -2.44. The SMILES string of the molecule is CCCCCCCCCCCCCC(=O)OC[C@H](COP(=O)(O)OCC(COC(=O)C[C@@H](C)N)OC(=O)CC(C)C)OC(C)=O. The zero-order valence-corrected chi connectivity index (χ0v) is 28.9. The summed E-state index contributed by atoms with van der Waals surface area (Å²) in [7, 11) is -4.76. The van der Waals surface area contributed by atoms with E-state index in [4.69, 9.17) is 33.7 Å². The fraction of sp³-hybridized carbons (Fsp3) is 0.871. The second-order valence-corrected chi connectivity index (χ2v) is 13.3.